The zero-order valence-corrected chi connectivity index (χ0v) is 16.3. The third kappa shape index (κ3) is 3.63. The number of carbonyl (C=O) groups is 3. The molecule has 7 heteroatoms. The summed E-state index contributed by atoms with van der Waals surface area (Å²) in [6.07, 6.45) is 2.34. The molecular formula is C20H21N2O4S. The van der Waals surface area contributed by atoms with Crippen LogP contribution in [0.4, 0.5) is 0 Å². The molecule has 1 heterocycles. The maximum Gasteiger partial charge on any atom is 0.238 e. The quantitative estimate of drug-likeness (QED) is 0.748. The lowest BCUT2D eigenvalue weighted by atomic mass is 9.83. The third-order valence-corrected chi connectivity index (χ3v) is 6.08. The van der Waals surface area contributed by atoms with Crippen molar-refractivity contribution in [2.24, 2.45) is 0 Å². The number of fused-ring (bicyclic) bond motifs is 1. The van der Waals surface area contributed by atoms with Gasteiger partial charge in [0.1, 0.15) is 5.44 Å². The molecule has 1 radical (unpaired) electrons. The molecule has 0 aromatic heterocycles. The monoisotopic (exact) mass is 385 g/mol. The second-order valence-electron chi connectivity index (χ2n) is 6.70. The Hall–Kier alpha value is -2.22. The number of methoxy groups -OCH3 is 1. The normalized spacial score (nSPS) is 20.3. The van der Waals surface area contributed by atoms with E-state index in [2.05, 4.69) is 0 Å². The lowest BCUT2D eigenvalue weighted by Gasteiger charge is -2.34. The Labute approximate surface area is 162 Å². The number of amides is 1. The molecule has 1 amide bonds. The molecule has 1 aromatic carbocycles. The Bertz CT molecular complexity index is 872. The third-order valence-electron chi connectivity index (χ3n) is 4.77. The molecule has 27 heavy (non-hydrogen) atoms. The number of thioether (sulfide) groups is 1. The predicted molar refractivity (Wildman–Crippen MR) is 103 cm³/mol. The number of likely N-dealkylation sites (N-methyl/N-ethyl adjacent to an activating group) is 1. The Morgan fingerprint density at radius 2 is 1.85 bits per heavy atom. The summed E-state index contributed by atoms with van der Waals surface area (Å²) in [6.45, 7) is 0. The molecule has 0 fully saturated rings. The van der Waals surface area contributed by atoms with Gasteiger partial charge in [0.15, 0.2) is 11.6 Å². The van der Waals surface area contributed by atoms with Crippen LogP contribution >= 0.6 is 11.8 Å². The Morgan fingerprint density at radius 1 is 1.22 bits per heavy atom. The zero-order chi connectivity index (χ0) is 19.7. The number of rotatable bonds is 6. The van der Waals surface area contributed by atoms with E-state index in [4.69, 9.17) is 10.5 Å². The fourth-order valence-electron chi connectivity index (χ4n) is 3.41. The summed E-state index contributed by atoms with van der Waals surface area (Å²) >= 11 is 1.38. The molecule has 2 atom stereocenters. The fraction of sp³-hybridized carbons (Fsp3) is 0.350. The molecule has 1 aliphatic carbocycles. The predicted octanol–water partition coefficient (Wildman–Crippen LogP) is 2.49. The molecule has 0 spiro atoms. The van der Waals surface area contributed by atoms with Crippen LogP contribution in [0.2, 0.25) is 0 Å². The van der Waals surface area contributed by atoms with Gasteiger partial charge in [-0.3, -0.25) is 20.1 Å². The zero-order valence-electron chi connectivity index (χ0n) is 15.4. The van der Waals surface area contributed by atoms with Crippen LogP contribution in [0.25, 0.3) is 0 Å². The number of allylic oxidation sites excluding steroid dienone is 2. The first-order valence-electron chi connectivity index (χ1n) is 8.59. The largest absolute Gasteiger partial charge is 0.366 e. The van der Waals surface area contributed by atoms with E-state index in [1.807, 2.05) is 19.0 Å². The van der Waals surface area contributed by atoms with E-state index in [9.17, 15) is 14.4 Å². The van der Waals surface area contributed by atoms with Crippen LogP contribution in [0.5, 0.6) is 0 Å². The van der Waals surface area contributed by atoms with Crippen molar-refractivity contribution in [2.45, 2.75) is 24.3 Å². The number of ketones is 2. The molecule has 2 unspecified atom stereocenters. The number of benzene rings is 1. The molecule has 141 valence electrons. The summed E-state index contributed by atoms with van der Waals surface area (Å²) in [5.41, 5.74) is 8.14. The van der Waals surface area contributed by atoms with E-state index in [0.717, 1.165) is 4.91 Å². The van der Waals surface area contributed by atoms with Gasteiger partial charge < -0.3 is 9.64 Å². The maximum atomic E-state index is 13.0. The van der Waals surface area contributed by atoms with Crippen LogP contribution in [0, 0.1) is 0 Å². The number of hydrogen-bond acceptors (Lipinski definition) is 6. The molecule has 0 saturated carbocycles. The number of nitrogens with zero attached hydrogens (tertiary/aromatic N) is 1. The highest BCUT2D eigenvalue weighted by Gasteiger charge is 2.39. The Morgan fingerprint density at radius 3 is 2.41 bits per heavy atom. The van der Waals surface area contributed by atoms with Gasteiger partial charge in [-0.1, -0.05) is 36.0 Å². The van der Waals surface area contributed by atoms with Gasteiger partial charge in [0.05, 0.1) is 5.57 Å². The van der Waals surface area contributed by atoms with Crippen LogP contribution in [0.3, 0.4) is 0 Å². The van der Waals surface area contributed by atoms with E-state index in [-0.39, 0.29) is 24.0 Å². The van der Waals surface area contributed by atoms with Crippen LogP contribution in [0.15, 0.2) is 46.4 Å². The van der Waals surface area contributed by atoms with Crippen molar-refractivity contribution in [3.63, 3.8) is 0 Å². The van der Waals surface area contributed by atoms with Crippen molar-refractivity contribution in [3.8, 4) is 0 Å². The van der Waals surface area contributed by atoms with Crippen LogP contribution < -0.4 is 5.73 Å². The van der Waals surface area contributed by atoms with Gasteiger partial charge in [-0.2, -0.15) is 0 Å². The standard InChI is InChI=1S/C20H21N2O4S/c1-22(2)14(8-9-16(21)23)15-10-13-17(20(26-3)27-15)19(25)12-7-5-4-6-11(12)18(13)24/h4-7,10,14,20-21H,8-9H2,1-3H3. The highest BCUT2D eigenvalue weighted by Crippen LogP contribution is 2.43. The second kappa shape index (κ2) is 7.80. The minimum atomic E-state index is -0.621. The first kappa shape index (κ1) is 19.5. The van der Waals surface area contributed by atoms with Crippen molar-refractivity contribution in [3.05, 3.63) is 57.5 Å². The summed E-state index contributed by atoms with van der Waals surface area (Å²) in [5, 5.41) is 0. The van der Waals surface area contributed by atoms with Crippen molar-refractivity contribution in [1.29, 1.82) is 0 Å². The van der Waals surface area contributed by atoms with Gasteiger partial charge in [-0.05, 0) is 26.6 Å². The molecule has 1 aliphatic heterocycles. The summed E-state index contributed by atoms with van der Waals surface area (Å²) in [4.78, 5) is 39.9. The summed E-state index contributed by atoms with van der Waals surface area (Å²) < 4.78 is 5.55. The first-order chi connectivity index (χ1) is 12.8. The van der Waals surface area contributed by atoms with Gasteiger partial charge in [-0.15, -0.1) is 0 Å². The van der Waals surface area contributed by atoms with Crippen LogP contribution in [-0.4, -0.2) is 55.1 Å². The highest BCUT2D eigenvalue weighted by atomic mass is 32.2. The smallest absolute Gasteiger partial charge is 0.238 e. The SMILES string of the molecule is COC1SC(C(CCC([NH])=O)N(C)C)=CC2=C1C(=O)c1ccccc1C2=O. The highest BCUT2D eigenvalue weighted by molar-refractivity contribution is 8.03. The molecule has 6 nitrogen and oxygen atoms in total. The molecule has 3 rings (SSSR count). The second-order valence-corrected chi connectivity index (χ2v) is 7.84. The number of Topliss-reactive ketones (excluding diaryl/α,β-unsaturated/α-hetero) is 2. The number of ether oxygens (including phenoxy) is 1. The van der Waals surface area contributed by atoms with Crippen molar-refractivity contribution >= 4 is 29.2 Å². The van der Waals surface area contributed by atoms with E-state index < -0.39 is 11.3 Å². The summed E-state index contributed by atoms with van der Waals surface area (Å²) in [5.74, 6) is -0.990. The van der Waals surface area contributed by atoms with Gasteiger partial charge >= 0.3 is 0 Å². The minimum absolute atomic E-state index is 0.125. The summed E-state index contributed by atoms with van der Waals surface area (Å²) in [6, 6.07) is 6.68. The van der Waals surface area contributed by atoms with Gasteiger partial charge in [0.25, 0.3) is 0 Å². The number of nitrogens with one attached hydrogen (secondary N) is 1. The Balaban J connectivity index is 2.06. The van der Waals surface area contributed by atoms with Gasteiger partial charge in [0, 0.05) is 41.2 Å². The molecule has 2 aliphatic rings. The average Bonchev–Trinajstić information content (AvgIpc) is 2.65. The van der Waals surface area contributed by atoms with E-state index in [0.29, 0.717) is 28.7 Å². The summed E-state index contributed by atoms with van der Waals surface area (Å²) in [7, 11) is 5.28. The van der Waals surface area contributed by atoms with Crippen LogP contribution in [0.1, 0.15) is 33.6 Å². The molecule has 0 bridgehead atoms. The minimum Gasteiger partial charge on any atom is -0.366 e. The molecule has 0 saturated heterocycles. The topological polar surface area (TPSA) is 87.5 Å². The van der Waals surface area contributed by atoms with Crippen LogP contribution in [-0.2, 0) is 9.53 Å². The molecule has 1 aromatic rings. The lowest BCUT2D eigenvalue weighted by Crippen LogP contribution is -2.35. The van der Waals surface area contributed by atoms with Crippen molar-refractivity contribution in [1.82, 2.24) is 10.6 Å². The molecular weight excluding hydrogens is 364 g/mol. The Kier molecular flexibility index (Phi) is 5.64. The fourth-order valence-corrected chi connectivity index (χ4v) is 4.78. The molecule has 1 N–H and O–H groups in total. The van der Waals surface area contributed by atoms with E-state index in [1.165, 1.54) is 18.9 Å². The number of hydrogen-bond donors (Lipinski definition) is 0. The van der Waals surface area contributed by atoms with E-state index in [1.54, 1.807) is 30.3 Å². The number of carbonyl (C=O) groups excluding carboxylic acids is 3. The maximum absolute atomic E-state index is 13.0. The first-order valence-corrected chi connectivity index (χ1v) is 9.47. The van der Waals surface area contributed by atoms with E-state index >= 15 is 0 Å². The van der Waals surface area contributed by atoms with Crippen molar-refractivity contribution < 1.29 is 19.1 Å². The average molecular weight is 385 g/mol. The van der Waals surface area contributed by atoms with Gasteiger partial charge in [0.2, 0.25) is 5.91 Å². The van der Waals surface area contributed by atoms with Crippen molar-refractivity contribution in [2.75, 3.05) is 21.2 Å². The lowest BCUT2D eigenvalue weighted by molar-refractivity contribution is -0.118. The van der Waals surface area contributed by atoms with Gasteiger partial charge in [-0.25, -0.2) is 0 Å².